The van der Waals surface area contributed by atoms with Gasteiger partial charge in [-0.05, 0) is 49.2 Å². The Balaban J connectivity index is 1.40. The topological polar surface area (TPSA) is 118 Å². The third-order valence-electron chi connectivity index (χ3n) is 6.49. The Kier molecular flexibility index (Phi) is 10.7. The van der Waals surface area contributed by atoms with E-state index >= 15 is 0 Å². The summed E-state index contributed by atoms with van der Waals surface area (Å²) in [4.78, 5) is 40.4. The molecule has 0 aliphatic carbocycles. The predicted octanol–water partition coefficient (Wildman–Crippen LogP) is 4.94. The van der Waals surface area contributed by atoms with E-state index in [0.717, 1.165) is 0 Å². The molecule has 1 fully saturated rings. The molecule has 13 heteroatoms. The van der Waals surface area contributed by atoms with Gasteiger partial charge < -0.3 is 24.8 Å². The molecule has 2 N–H and O–H groups in total. The number of carbonyl (C=O) groups excluding carboxylic acids is 3. The summed E-state index contributed by atoms with van der Waals surface area (Å²) in [7, 11) is 0. The van der Waals surface area contributed by atoms with E-state index < -0.39 is 6.04 Å². The van der Waals surface area contributed by atoms with E-state index in [4.69, 9.17) is 27.9 Å². The van der Waals surface area contributed by atoms with Crippen LogP contribution < -0.4 is 10.6 Å². The quantitative estimate of drug-likeness (QED) is 0.309. The van der Waals surface area contributed by atoms with Crippen molar-refractivity contribution < 1.29 is 19.1 Å². The Morgan fingerprint density at radius 3 is 2.51 bits per heavy atom. The molecular formula is C28H32Cl2N6O4S. The van der Waals surface area contributed by atoms with Gasteiger partial charge in [-0.3, -0.25) is 14.4 Å². The first-order valence-corrected chi connectivity index (χ1v) is 15.0. The second-order valence-electron chi connectivity index (χ2n) is 9.73. The number of rotatable bonds is 10. The van der Waals surface area contributed by atoms with E-state index in [-0.39, 0.29) is 34.4 Å². The molecular weight excluding hydrogens is 587 g/mol. The van der Waals surface area contributed by atoms with Crippen LogP contribution in [0.15, 0.2) is 47.6 Å². The van der Waals surface area contributed by atoms with E-state index in [1.807, 2.05) is 25.3 Å². The smallest absolute Gasteiger partial charge is 0.254 e. The molecule has 0 unspecified atom stereocenters. The second-order valence-corrected chi connectivity index (χ2v) is 11.5. The number of nitrogens with zero attached hydrogens (tertiary/aromatic N) is 4. The van der Waals surface area contributed by atoms with Gasteiger partial charge in [-0.15, -0.1) is 10.2 Å². The van der Waals surface area contributed by atoms with Crippen LogP contribution in [0.25, 0.3) is 0 Å². The number of hydrogen-bond acceptors (Lipinski definition) is 7. The molecule has 1 aliphatic heterocycles. The Hall–Kier alpha value is -3.12. The van der Waals surface area contributed by atoms with Crippen molar-refractivity contribution in [2.24, 2.45) is 5.92 Å². The lowest BCUT2D eigenvalue weighted by Gasteiger charge is -2.27. The SMILES string of the molecule is CCn1c(SCC(=O)Nc2cccc(C(=O)N3CCOCC3)c2)nnc1[C@H](NC(=O)c1ccc(Cl)cc1Cl)C(C)C. The first-order valence-electron chi connectivity index (χ1n) is 13.3. The van der Waals surface area contributed by atoms with E-state index in [1.54, 1.807) is 41.3 Å². The van der Waals surface area contributed by atoms with Crippen LogP contribution in [-0.4, -0.2) is 69.4 Å². The van der Waals surface area contributed by atoms with Crippen LogP contribution in [-0.2, 0) is 16.1 Å². The van der Waals surface area contributed by atoms with Crippen molar-refractivity contribution in [2.45, 2.75) is 38.5 Å². The van der Waals surface area contributed by atoms with Crippen LogP contribution in [0.1, 0.15) is 53.4 Å². The number of anilines is 1. The molecule has 0 spiro atoms. The van der Waals surface area contributed by atoms with Crippen molar-refractivity contribution in [3.05, 3.63) is 69.5 Å². The van der Waals surface area contributed by atoms with Gasteiger partial charge in [0, 0.05) is 35.9 Å². The normalized spacial score (nSPS) is 14.1. The van der Waals surface area contributed by atoms with Crippen LogP contribution in [0.4, 0.5) is 5.69 Å². The fraction of sp³-hybridized carbons (Fsp3) is 0.393. The number of carbonyl (C=O) groups is 3. The maximum absolute atomic E-state index is 13.0. The van der Waals surface area contributed by atoms with Crippen molar-refractivity contribution in [1.82, 2.24) is 25.0 Å². The average molecular weight is 620 g/mol. The Bertz CT molecular complexity index is 1410. The molecule has 2 aromatic carbocycles. The molecule has 0 radical (unpaired) electrons. The van der Waals surface area contributed by atoms with Crippen LogP contribution >= 0.6 is 35.0 Å². The van der Waals surface area contributed by atoms with Crippen molar-refractivity contribution in [1.29, 1.82) is 0 Å². The summed E-state index contributed by atoms with van der Waals surface area (Å²) in [6.45, 7) is 8.56. The number of nitrogens with one attached hydrogen (secondary N) is 2. The van der Waals surface area contributed by atoms with Gasteiger partial charge in [0.2, 0.25) is 5.91 Å². The third kappa shape index (κ3) is 7.79. The van der Waals surface area contributed by atoms with Crippen LogP contribution in [0, 0.1) is 5.92 Å². The highest BCUT2D eigenvalue weighted by Crippen LogP contribution is 2.27. The molecule has 1 saturated heterocycles. The summed E-state index contributed by atoms with van der Waals surface area (Å²) in [5, 5.41) is 15.8. The number of aromatic nitrogens is 3. The first-order chi connectivity index (χ1) is 19.7. The highest BCUT2D eigenvalue weighted by Gasteiger charge is 2.27. The van der Waals surface area contributed by atoms with Gasteiger partial charge >= 0.3 is 0 Å². The minimum Gasteiger partial charge on any atom is -0.378 e. The number of amides is 3. The van der Waals surface area contributed by atoms with Crippen molar-refractivity contribution in [3.8, 4) is 0 Å². The van der Waals surface area contributed by atoms with Gasteiger partial charge in [-0.25, -0.2) is 0 Å². The fourth-order valence-electron chi connectivity index (χ4n) is 4.36. The highest BCUT2D eigenvalue weighted by atomic mass is 35.5. The summed E-state index contributed by atoms with van der Waals surface area (Å²) >= 11 is 13.5. The van der Waals surface area contributed by atoms with Crippen LogP contribution in [0.2, 0.25) is 10.0 Å². The second kappa shape index (κ2) is 14.2. The average Bonchev–Trinajstić information content (AvgIpc) is 3.37. The number of ether oxygens (including phenoxy) is 1. The summed E-state index contributed by atoms with van der Waals surface area (Å²) < 4.78 is 7.20. The predicted molar refractivity (Wildman–Crippen MR) is 160 cm³/mol. The molecule has 3 amide bonds. The highest BCUT2D eigenvalue weighted by molar-refractivity contribution is 7.99. The van der Waals surface area contributed by atoms with E-state index in [0.29, 0.717) is 65.7 Å². The molecule has 0 bridgehead atoms. The molecule has 10 nitrogen and oxygen atoms in total. The maximum Gasteiger partial charge on any atom is 0.254 e. The Morgan fingerprint density at radius 1 is 1.07 bits per heavy atom. The van der Waals surface area contributed by atoms with Crippen LogP contribution in [0.5, 0.6) is 0 Å². The number of hydrogen-bond donors (Lipinski definition) is 2. The summed E-state index contributed by atoms with van der Waals surface area (Å²) in [5.41, 5.74) is 1.36. The zero-order valence-electron chi connectivity index (χ0n) is 23.0. The lowest BCUT2D eigenvalue weighted by molar-refractivity contribution is -0.113. The maximum atomic E-state index is 13.0. The third-order valence-corrected chi connectivity index (χ3v) is 8.01. The lowest BCUT2D eigenvalue weighted by Crippen LogP contribution is -2.40. The van der Waals surface area contributed by atoms with E-state index in [1.165, 1.54) is 17.8 Å². The minimum absolute atomic E-state index is 0.00637. The largest absolute Gasteiger partial charge is 0.378 e. The van der Waals surface area contributed by atoms with Crippen molar-refractivity contribution in [3.63, 3.8) is 0 Å². The summed E-state index contributed by atoms with van der Waals surface area (Å²) in [6.07, 6.45) is 0. The molecule has 41 heavy (non-hydrogen) atoms. The number of halogens is 2. The molecule has 1 aromatic heterocycles. The van der Waals surface area contributed by atoms with Crippen molar-refractivity contribution >= 4 is 58.4 Å². The van der Waals surface area contributed by atoms with Crippen molar-refractivity contribution in [2.75, 3.05) is 37.4 Å². The van der Waals surface area contributed by atoms with E-state index in [2.05, 4.69) is 20.8 Å². The molecule has 2 heterocycles. The summed E-state index contributed by atoms with van der Waals surface area (Å²) in [5.74, 6) is -0.0271. The molecule has 3 aromatic rings. The van der Waals surface area contributed by atoms with Gasteiger partial charge in [0.15, 0.2) is 11.0 Å². The lowest BCUT2D eigenvalue weighted by atomic mass is 10.0. The van der Waals surface area contributed by atoms with Gasteiger partial charge in [-0.1, -0.05) is 54.9 Å². The Labute approximate surface area is 253 Å². The van der Waals surface area contributed by atoms with Gasteiger partial charge in [0.25, 0.3) is 11.8 Å². The van der Waals surface area contributed by atoms with Gasteiger partial charge in [0.1, 0.15) is 0 Å². The van der Waals surface area contributed by atoms with E-state index in [9.17, 15) is 14.4 Å². The van der Waals surface area contributed by atoms with Gasteiger partial charge in [0.05, 0.1) is 35.6 Å². The first kappa shape index (κ1) is 30.8. The molecule has 1 aliphatic rings. The molecule has 1 atom stereocenters. The number of morpholine rings is 1. The van der Waals surface area contributed by atoms with Crippen LogP contribution in [0.3, 0.4) is 0 Å². The summed E-state index contributed by atoms with van der Waals surface area (Å²) in [6, 6.07) is 11.2. The minimum atomic E-state index is -0.448. The zero-order chi connectivity index (χ0) is 29.5. The Morgan fingerprint density at radius 2 is 1.83 bits per heavy atom. The number of benzene rings is 2. The standard InChI is InChI=1S/C28H32Cl2N6O4S/c1-4-36-25(24(17(2)3)32-26(38)21-9-8-19(29)15-22(21)30)33-34-28(36)41-16-23(37)31-20-7-5-6-18(14-20)27(39)35-10-12-40-13-11-35/h5-9,14-15,17,24H,4,10-13,16H2,1-3H3,(H,31,37)(H,32,38)/t24-/m1/s1. The van der Waals surface area contributed by atoms with Gasteiger partial charge in [-0.2, -0.15) is 0 Å². The number of thioether (sulfide) groups is 1. The zero-order valence-corrected chi connectivity index (χ0v) is 25.4. The molecule has 0 saturated carbocycles. The molecule has 218 valence electrons. The monoisotopic (exact) mass is 618 g/mol. The fourth-order valence-corrected chi connectivity index (χ4v) is 5.67. The molecule has 4 rings (SSSR count).